The molecule has 0 radical (unpaired) electrons. The van der Waals surface area contributed by atoms with Crippen molar-refractivity contribution in [1.29, 1.82) is 0 Å². The average molecular weight is 228 g/mol. The van der Waals surface area contributed by atoms with E-state index in [1.54, 1.807) is 0 Å². The van der Waals surface area contributed by atoms with Gasteiger partial charge in [0.15, 0.2) is 0 Å². The number of carbonyl (C=O) groups is 1. The van der Waals surface area contributed by atoms with Gasteiger partial charge in [0.25, 0.3) is 0 Å². The molecule has 0 saturated carbocycles. The quantitative estimate of drug-likeness (QED) is 0.716. The van der Waals surface area contributed by atoms with E-state index in [4.69, 9.17) is 4.74 Å². The number of nitrogens with one attached hydrogen (secondary N) is 1. The van der Waals surface area contributed by atoms with Gasteiger partial charge in [0.2, 0.25) is 0 Å². The first-order valence-electron chi connectivity index (χ1n) is 5.87. The van der Waals surface area contributed by atoms with E-state index in [2.05, 4.69) is 24.1 Å². The van der Waals surface area contributed by atoms with Crippen molar-refractivity contribution in [2.45, 2.75) is 45.8 Å². The average Bonchev–Trinajstić information content (AvgIpc) is 1.96. The van der Waals surface area contributed by atoms with Gasteiger partial charge in [0, 0.05) is 25.2 Å². The van der Waals surface area contributed by atoms with Crippen LogP contribution in [-0.2, 0) is 9.53 Å². The summed E-state index contributed by atoms with van der Waals surface area (Å²) in [5, 5.41) is 3.42. The maximum Gasteiger partial charge on any atom is 0.320 e. The van der Waals surface area contributed by atoms with Gasteiger partial charge in [0.1, 0.15) is 5.60 Å². The highest BCUT2D eigenvalue weighted by atomic mass is 16.6. The number of piperazine rings is 1. The molecule has 0 bridgehead atoms. The Morgan fingerprint density at radius 1 is 1.44 bits per heavy atom. The Hall–Kier alpha value is -0.610. The van der Waals surface area contributed by atoms with Crippen LogP contribution in [0.3, 0.4) is 0 Å². The fourth-order valence-electron chi connectivity index (χ4n) is 1.94. The number of ether oxygens (including phenoxy) is 1. The third-order valence-electron chi connectivity index (χ3n) is 2.42. The highest BCUT2D eigenvalue weighted by molar-refractivity contribution is 5.72. The lowest BCUT2D eigenvalue weighted by Crippen LogP contribution is -2.58. The zero-order valence-electron chi connectivity index (χ0n) is 11.1. The zero-order valence-corrected chi connectivity index (χ0v) is 11.1. The first-order valence-corrected chi connectivity index (χ1v) is 5.87. The van der Waals surface area contributed by atoms with Crippen LogP contribution in [0.5, 0.6) is 0 Å². The van der Waals surface area contributed by atoms with Gasteiger partial charge in [-0.05, 0) is 34.6 Å². The van der Waals surface area contributed by atoms with Crippen molar-refractivity contribution in [3.63, 3.8) is 0 Å². The normalized spacial score (nSPS) is 21.8. The molecular formula is C12H24N2O2. The largest absolute Gasteiger partial charge is 0.459 e. The minimum absolute atomic E-state index is 0.0836. The van der Waals surface area contributed by atoms with Gasteiger partial charge in [-0.2, -0.15) is 0 Å². The summed E-state index contributed by atoms with van der Waals surface area (Å²) in [6, 6.07) is 0. The maximum absolute atomic E-state index is 11.7. The van der Waals surface area contributed by atoms with Crippen LogP contribution >= 0.6 is 0 Å². The summed E-state index contributed by atoms with van der Waals surface area (Å²) in [6.07, 6.45) is 0. The van der Waals surface area contributed by atoms with E-state index in [9.17, 15) is 4.79 Å². The van der Waals surface area contributed by atoms with Crippen molar-refractivity contribution in [3.05, 3.63) is 0 Å². The molecule has 0 atom stereocenters. The van der Waals surface area contributed by atoms with Crippen LogP contribution in [0.2, 0.25) is 0 Å². The van der Waals surface area contributed by atoms with Crippen LogP contribution in [-0.4, -0.2) is 48.2 Å². The molecule has 0 aromatic heterocycles. The minimum atomic E-state index is -0.388. The summed E-state index contributed by atoms with van der Waals surface area (Å²) in [5.74, 6) is -0.134. The number of nitrogens with zero attached hydrogens (tertiary/aromatic N) is 1. The highest BCUT2D eigenvalue weighted by Gasteiger charge is 2.27. The molecule has 1 rings (SSSR count). The first-order chi connectivity index (χ1) is 7.18. The van der Waals surface area contributed by atoms with Crippen LogP contribution in [0, 0.1) is 0 Å². The summed E-state index contributed by atoms with van der Waals surface area (Å²) in [6.45, 7) is 13.1. The minimum Gasteiger partial charge on any atom is -0.459 e. The summed E-state index contributed by atoms with van der Waals surface area (Å²) in [5.41, 5.74) is -0.305. The second-order valence-electron chi connectivity index (χ2n) is 6.11. The Morgan fingerprint density at radius 2 is 2.06 bits per heavy atom. The van der Waals surface area contributed by atoms with Crippen LogP contribution in [0.25, 0.3) is 0 Å². The number of hydrogen-bond donors (Lipinski definition) is 1. The third-order valence-corrected chi connectivity index (χ3v) is 2.42. The fraction of sp³-hybridized carbons (Fsp3) is 0.917. The second-order valence-corrected chi connectivity index (χ2v) is 6.11. The van der Waals surface area contributed by atoms with E-state index in [0.29, 0.717) is 6.54 Å². The molecule has 1 saturated heterocycles. The van der Waals surface area contributed by atoms with E-state index in [1.165, 1.54) is 0 Å². The van der Waals surface area contributed by atoms with Crippen LogP contribution in [0.4, 0.5) is 0 Å². The Morgan fingerprint density at radius 3 is 2.56 bits per heavy atom. The number of rotatable bonds is 2. The molecule has 4 nitrogen and oxygen atoms in total. The molecular weight excluding hydrogens is 204 g/mol. The molecule has 0 aliphatic carbocycles. The molecule has 0 amide bonds. The standard InChI is InChI=1S/C12H24N2O2/c1-11(2,3)16-10(15)8-14-7-6-13-12(4,5)9-14/h13H,6-9H2,1-5H3. The van der Waals surface area contributed by atoms with Crippen molar-refractivity contribution >= 4 is 5.97 Å². The zero-order chi connectivity index (χ0) is 12.4. The highest BCUT2D eigenvalue weighted by Crippen LogP contribution is 2.12. The SMILES string of the molecule is CC1(C)CN(CC(=O)OC(C)(C)C)CCN1. The smallest absolute Gasteiger partial charge is 0.320 e. The van der Waals surface area contributed by atoms with E-state index in [-0.39, 0.29) is 17.1 Å². The van der Waals surface area contributed by atoms with E-state index >= 15 is 0 Å². The fourth-order valence-corrected chi connectivity index (χ4v) is 1.94. The first kappa shape index (κ1) is 13.5. The summed E-state index contributed by atoms with van der Waals surface area (Å²) in [7, 11) is 0. The lowest BCUT2D eigenvalue weighted by Gasteiger charge is -2.38. The topological polar surface area (TPSA) is 41.6 Å². The number of hydrogen-bond acceptors (Lipinski definition) is 4. The van der Waals surface area contributed by atoms with Gasteiger partial charge in [-0.3, -0.25) is 9.69 Å². The maximum atomic E-state index is 11.7. The molecule has 0 aromatic carbocycles. The van der Waals surface area contributed by atoms with Crippen molar-refractivity contribution < 1.29 is 9.53 Å². The van der Waals surface area contributed by atoms with Crippen molar-refractivity contribution in [1.82, 2.24) is 10.2 Å². The Balaban J connectivity index is 2.40. The molecule has 0 aromatic rings. The summed E-state index contributed by atoms with van der Waals surface area (Å²) < 4.78 is 5.31. The predicted molar refractivity (Wildman–Crippen MR) is 64.4 cm³/mol. The number of esters is 1. The summed E-state index contributed by atoms with van der Waals surface area (Å²) >= 11 is 0. The van der Waals surface area contributed by atoms with Gasteiger partial charge in [0.05, 0.1) is 6.54 Å². The monoisotopic (exact) mass is 228 g/mol. The molecule has 1 aliphatic heterocycles. The molecule has 1 fully saturated rings. The second kappa shape index (κ2) is 4.72. The van der Waals surface area contributed by atoms with E-state index in [1.807, 2.05) is 20.8 Å². The lowest BCUT2D eigenvalue weighted by atomic mass is 10.0. The molecule has 1 aliphatic rings. The Labute approximate surface area is 98.3 Å². The van der Waals surface area contributed by atoms with E-state index in [0.717, 1.165) is 19.6 Å². The van der Waals surface area contributed by atoms with Crippen LogP contribution < -0.4 is 5.32 Å². The van der Waals surface area contributed by atoms with Gasteiger partial charge in [-0.15, -0.1) is 0 Å². The molecule has 0 unspecified atom stereocenters. The molecule has 1 N–H and O–H groups in total. The van der Waals surface area contributed by atoms with Crippen molar-refractivity contribution in [2.24, 2.45) is 0 Å². The Bertz CT molecular complexity index is 256. The predicted octanol–water partition coefficient (Wildman–Crippen LogP) is 1.01. The lowest BCUT2D eigenvalue weighted by molar-refractivity contribution is -0.156. The van der Waals surface area contributed by atoms with Crippen LogP contribution in [0.1, 0.15) is 34.6 Å². The van der Waals surface area contributed by atoms with Crippen LogP contribution in [0.15, 0.2) is 0 Å². The van der Waals surface area contributed by atoms with Gasteiger partial charge in [-0.1, -0.05) is 0 Å². The molecule has 94 valence electrons. The van der Waals surface area contributed by atoms with Gasteiger partial charge >= 0.3 is 5.97 Å². The summed E-state index contributed by atoms with van der Waals surface area (Å²) in [4.78, 5) is 13.8. The molecule has 16 heavy (non-hydrogen) atoms. The van der Waals surface area contributed by atoms with E-state index < -0.39 is 0 Å². The van der Waals surface area contributed by atoms with Crippen molar-refractivity contribution in [3.8, 4) is 0 Å². The third kappa shape index (κ3) is 4.94. The molecule has 4 heteroatoms. The van der Waals surface area contributed by atoms with Gasteiger partial charge in [-0.25, -0.2) is 0 Å². The number of carbonyl (C=O) groups excluding carboxylic acids is 1. The van der Waals surface area contributed by atoms with Gasteiger partial charge < -0.3 is 10.1 Å². The molecule has 0 spiro atoms. The Kier molecular flexibility index (Phi) is 3.97. The molecule has 1 heterocycles. The van der Waals surface area contributed by atoms with Crippen molar-refractivity contribution in [2.75, 3.05) is 26.2 Å².